The number of nitrogens with one attached hydrogen (secondary N) is 3. The number of H-pyrrole nitrogens is 2. The Morgan fingerprint density at radius 1 is 1.05 bits per heavy atom. The van der Waals surface area contributed by atoms with Crippen molar-refractivity contribution in [3.05, 3.63) is 64.3 Å². The topological polar surface area (TPSA) is 60.7 Å². The highest BCUT2D eigenvalue weighted by Gasteiger charge is 2.06. The number of aromatic nitrogens is 2. The summed E-state index contributed by atoms with van der Waals surface area (Å²) in [6.45, 7) is 2.00. The Hall–Kier alpha value is -2.56. The fourth-order valence-corrected chi connectivity index (χ4v) is 2.21. The Morgan fingerprint density at radius 3 is 2.50 bits per heavy atom. The summed E-state index contributed by atoms with van der Waals surface area (Å²) < 4.78 is 12.9. The molecule has 1 atom stereocenters. The van der Waals surface area contributed by atoms with E-state index >= 15 is 0 Å². The summed E-state index contributed by atoms with van der Waals surface area (Å²) in [5.41, 5.74) is 3.20. The Kier molecular flexibility index (Phi) is 3.02. The molecule has 0 spiro atoms. The minimum Gasteiger partial charge on any atom is -0.378 e. The van der Waals surface area contributed by atoms with Gasteiger partial charge >= 0.3 is 5.69 Å². The molecule has 2 aromatic carbocycles. The molecule has 3 rings (SSSR count). The number of rotatable bonds is 3. The highest BCUT2D eigenvalue weighted by atomic mass is 19.1. The number of aromatic amines is 2. The van der Waals surface area contributed by atoms with Crippen molar-refractivity contribution in [2.75, 3.05) is 5.32 Å². The lowest BCUT2D eigenvalue weighted by atomic mass is 10.1. The monoisotopic (exact) mass is 271 g/mol. The van der Waals surface area contributed by atoms with Crippen molar-refractivity contribution in [1.82, 2.24) is 9.97 Å². The molecule has 102 valence electrons. The first-order chi connectivity index (χ1) is 9.61. The van der Waals surface area contributed by atoms with Gasteiger partial charge in [-0.15, -0.1) is 0 Å². The van der Waals surface area contributed by atoms with Crippen LogP contribution in [-0.4, -0.2) is 9.97 Å². The highest BCUT2D eigenvalue weighted by molar-refractivity contribution is 5.78. The van der Waals surface area contributed by atoms with Gasteiger partial charge in [-0.3, -0.25) is 0 Å². The van der Waals surface area contributed by atoms with Gasteiger partial charge in [-0.05, 0) is 42.8 Å². The molecule has 4 nitrogen and oxygen atoms in total. The highest BCUT2D eigenvalue weighted by Crippen LogP contribution is 2.21. The Bertz CT molecular complexity index is 789. The van der Waals surface area contributed by atoms with Crippen LogP contribution in [0.15, 0.2) is 47.3 Å². The summed E-state index contributed by atoms with van der Waals surface area (Å²) in [6.07, 6.45) is 0. The standard InChI is InChI=1S/C15H14FN3O/c1-9(10-2-4-11(16)5-3-10)17-12-6-7-13-14(8-12)19-15(20)18-13/h2-9,17H,1H3,(H2,18,19,20). The second-order valence-electron chi connectivity index (χ2n) is 4.76. The second-order valence-corrected chi connectivity index (χ2v) is 4.76. The maximum atomic E-state index is 12.9. The molecular weight excluding hydrogens is 257 g/mol. The number of anilines is 1. The van der Waals surface area contributed by atoms with E-state index in [0.717, 1.165) is 22.3 Å². The van der Waals surface area contributed by atoms with Crippen LogP contribution in [0.1, 0.15) is 18.5 Å². The predicted molar refractivity (Wildman–Crippen MR) is 77.4 cm³/mol. The van der Waals surface area contributed by atoms with E-state index in [4.69, 9.17) is 0 Å². The van der Waals surface area contributed by atoms with E-state index in [1.165, 1.54) is 12.1 Å². The normalized spacial score (nSPS) is 12.5. The molecule has 0 saturated carbocycles. The molecule has 1 heterocycles. The third-order valence-electron chi connectivity index (χ3n) is 3.27. The Labute approximate surface area is 114 Å². The lowest BCUT2D eigenvalue weighted by molar-refractivity contribution is 0.626. The van der Waals surface area contributed by atoms with Crippen molar-refractivity contribution in [3.63, 3.8) is 0 Å². The smallest absolute Gasteiger partial charge is 0.323 e. The Balaban J connectivity index is 1.84. The van der Waals surface area contributed by atoms with Crippen LogP contribution in [-0.2, 0) is 0 Å². The van der Waals surface area contributed by atoms with Crippen LogP contribution in [0, 0.1) is 5.82 Å². The van der Waals surface area contributed by atoms with Crippen LogP contribution in [0.2, 0.25) is 0 Å². The van der Waals surface area contributed by atoms with Crippen LogP contribution in [0.4, 0.5) is 10.1 Å². The SMILES string of the molecule is CC(Nc1ccc2[nH]c(=O)[nH]c2c1)c1ccc(F)cc1. The van der Waals surface area contributed by atoms with E-state index in [-0.39, 0.29) is 17.5 Å². The van der Waals surface area contributed by atoms with Gasteiger partial charge in [-0.25, -0.2) is 9.18 Å². The average Bonchev–Trinajstić information content (AvgIpc) is 2.78. The zero-order chi connectivity index (χ0) is 14.1. The van der Waals surface area contributed by atoms with Gasteiger partial charge in [-0.1, -0.05) is 12.1 Å². The first kappa shape index (κ1) is 12.5. The molecule has 0 aliphatic heterocycles. The number of hydrogen-bond acceptors (Lipinski definition) is 2. The van der Waals surface area contributed by atoms with Crippen molar-refractivity contribution < 1.29 is 4.39 Å². The summed E-state index contributed by atoms with van der Waals surface area (Å²) >= 11 is 0. The first-order valence-electron chi connectivity index (χ1n) is 6.36. The molecule has 0 bridgehead atoms. The van der Waals surface area contributed by atoms with Gasteiger partial charge < -0.3 is 15.3 Å². The van der Waals surface area contributed by atoms with Gasteiger partial charge in [0.1, 0.15) is 5.82 Å². The zero-order valence-corrected chi connectivity index (χ0v) is 10.9. The predicted octanol–water partition coefficient (Wildman–Crippen LogP) is 3.17. The molecule has 20 heavy (non-hydrogen) atoms. The van der Waals surface area contributed by atoms with Crippen LogP contribution >= 0.6 is 0 Å². The summed E-state index contributed by atoms with van der Waals surface area (Å²) in [6, 6.07) is 12.0. The van der Waals surface area contributed by atoms with E-state index in [0.29, 0.717) is 0 Å². The second kappa shape index (κ2) is 4.85. The zero-order valence-electron chi connectivity index (χ0n) is 10.9. The van der Waals surface area contributed by atoms with Gasteiger partial charge in [-0.2, -0.15) is 0 Å². The minimum absolute atomic E-state index is 0.0405. The quantitative estimate of drug-likeness (QED) is 0.685. The lowest BCUT2D eigenvalue weighted by Crippen LogP contribution is -2.06. The van der Waals surface area contributed by atoms with Gasteiger partial charge in [0, 0.05) is 11.7 Å². The molecule has 0 aliphatic rings. The van der Waals surface area contributed by atoms with Gasteiger partial charge in [0.15, 0.2) is 0 Å². The fraction of sp³-hybridized carbons (Fsp3) is 0.133. The van der Waals surface area contributed by atoms with Gasteiger partial charge in [0.05, 0.1) is 11.0 Å². The third kappa shape index (κ3) is 2.42. The summed E-state index contributed by atoms with van der Waals surface area (Å²) in [7, 11) is 0. The Morgan fingerprint density at radius 2 is 1.75 bits per heavy atom. The maximum Gasteiger partial charge on any atom is 0.323 e. The minimum atomic E-state index is -0.243. The van der Waals surface area contributed by atoms with Gasteiger partial charge in [0.25, 0.3) is 0 Å². The maximum absolute atomic E-state index is 12.9. The molecule has 0 fully saturated rings. The van der Waals surface area contributed by atoms with E-state index in [2.05, 4.69) is 15.3 Å². The van der Waals surface area contributed by atoms with Crippen molar-refractivity contribution in [1.29, 1.82) is 0 Å². The average molecular weight is 271 g/mol. The summed E-state index contributed by atoms with van der Waals surface area (Å²) in [5, 5.41) is 3.32. The molecule has 3 aromatic rings. The molecule has 0 saturated heterocycles. The number of benzene rings is 2. The number of fused-ring (bicyclic) bond motifs is 1. The van der Waals surface area contributed by atoms with Crippen LogP contribution < -0.4 is 11.0 Å². The third-order valence-corrected chi connectivity index (χ3v) is 3.27. The summed E-state index contributed by atoms with van der Waals surface area (Å²) in [4.78, 5) is 16.6. The van der Waals surface area contributed by atoms with Crippen molar-refractivity contribution in [2.45, 2.75) is 13.0 Å². The molecule has 0 aliphatic carbocycles. The molecule has 5 heteroatoms. The number of hydrogen-bond donors (Lipinski definition) is 3. The van der Waals surface area contributed by atoms with Crippen LogP contribution in [0.5, 0.6) is 0 Å². The van der Waals surface area contributed by atoms with Crippen molar-refractivity contribution >= 4 is 16.7 Å². The van der Waals surface area contributed by atoms with E-state index in [1.54, 1.807) is 12.1 Å². The molecule has 0 radical (unpaired) electrons. The number of imidazole rings is 1. The van der Waals surface area contributed by atoms with Crippen molar-refractivity contribution in [2.24, 2.45) is 0 Å². The van der Waals surface area contributed by atoms with Crippen LogP contribution in [0.25, 0.3) is 11.0 Å². The van der Waals surface area contributed by atoms with E-state index in [9.17, 15) is 9.18 Å². The van der Waals surface area contributed by atoms with E-state index < -0.39 is 0 Å². The largest absolute Gasteiger partial charge is 0.378 e. The molecule has 1 aromatic heterocycles. The molecular formula is C15H14FN3O. The lowest BCUT2D eigenvalue weighted by Gasteiger charge is -2.15. The van der Waals surface area contributed by atoms with Crippen LogP contribution in [0.3, 0.4) is 0 Å². The molecule has 0 amide bonds. The van der Waals surface area contributed by atoms with E-state index in [1.807, 2.05) is 25.1 Å². The first-order valence-corrected chi connectivity index (χ1v) is 6.36. The van der Waals surface area contributed by atoms with Crippen molar-refractivity contribution in [3.8, 4) is 0 Å². The molecule has 1 unspecified atom stereocenters. The summed E-state index contributed by atoms with van der Waals surface area (Å²) in [5.74, 6) is -0.243. The number of halogens is 1. The molecule has 3 N–H and O–H groups in total. The van der Waals surface area contributed by atoms with Gasteiger partial charge in [0.2, 0.25) is 0 Å². The fourth-order valence-electron chi connectivity index (χ4n) is 2.21.